The van der Waals surface area contributed by atoms with E-state index in [4.69, 9.17) is 0 Å². The van der Waals surface area contributed by atoms with Crippen molar-refractivity contribution < 1.29 is 4.79 Å². The SMILES string of the molecule is CN(Cc1ccsc1)C(=O)C(C#N)c1ccccc1. The Morgan fingerprint density at radius 1 is 1.37 bits per heavy atom. The Morgan fingerprint density at radius 3 is 2.68 bits per heavy atom. The van der Waals surface area contributed by atoms with Crippen molar-refractivity contribution in [2.75, 3.05) is 7.05 Å². The van der Waals surface area contributed by atoms with Crippen LogP contribution in [0.2, 0.25) is 0 Å². The lowest BCUT2D eigenvalue weighted by Gasteiger charge is -2.19. The summed E-state index contributed by atoms with van der Waals surface area (Å²) in [5, 5.41) is 13.2. The van der Waals surface area contributed by atoms with Crippen LogP contribution in [0.25, 0.3) is 0 Å². The van der Waals surface area contributed by atoms with E-state index >= 15 is 0 Å². The van der Waals surface area contributed by atoms with Crippen LogP contribution in [-0.4, -0.2) is 17.9 Å². The van der Waals surface area contributed by atoms with Gasteiger partial charge in [-0.1, -0.05) is 30.3 Å². The number of likely N-dealkylation sites (N-methyl/N-ethyl adjacent to an activating group) is 1. The highest BCUT2D eigenvalue weighted by Crippen LogP contribution is 2.18. The van der Waals surface area contributed by atoms with Gasteiger partial charge in [-0.15, -0.1) is 0 Å². The monoisotopic (exact) mass is 270 g/mol. The second-order valence-electron chi connectivity index (χ2n) is 4.30. The second-order valence-corrected chi connectivity index (χ2v) is 5.08. The van der Waals surface area contributed by atoms with Crippen LogP contribution in [0.15, 0.2) is 47.2 Å². The molecular formula is C15H14N2OS. The first-order valence-corrected chi connectivity index (χ1v) is 6.87. The average Bonchev–Trinajstić information content (AvgIpc) is 2.93. The van der Waals surface area contributed by atoms with Gasteiger partial charge in [0.25, 0.3) is 0 Å². The molecule has 0 N–H and O–H groups in total. The lowest BCUT2D eigenvalue weighted by molar-refractivity contribution is -0.130. The van der Waals surface area contributed by atoms with Crippen LogP contribution >= 0.6 is 11.3 Å². The molecule has 2 rings (SSSR count). The highest BCUT2D eigenvalue weighted by molar-refractivity contribution is 7.07. The molecule has 0 saturated carbocycles. The Morgan fingerprint density at radius 2 is 2.11 bits per heavy atom. The topological polar surface area (TPSA) is 44.1 Å². The van der Waals surface area contributed by atoms with Gasteiger partial charge in [-0.2, -0.15) is 16.6 Å². The van der Waals surface area contributed by atoms with Crippen molar-refractivity contribution in [2.45, 2.75) is 12.5 Å². The number of nitrogens with zero attached hydrogens (tertiary/aromatic N) is 2. The van der Waals surface area contributed by atoms with Crippen LogP contribution in [0.3, 0.4) is 0 Å². The summed E-state index contributed by atoms with van der Waals surface area (Å²) >= 11 is 1.60. The number of carbonyl (C=O) groups is 1. The summed E-state index contributed by atoms with van der Waals surface area (Å²) in [5.41, 5.74) is 1.83. The van der Waals surface area contributed by atoms with Crippen molar-refractivity contribution in [2.24, 2.45) is 0 Å². The van der Waals surface area contributed by atoms with Gasteiger partial charge in [0, 0.05) is 13.6 Å². The summed E-state index contributed by atoms with van der Waals surface area (Å²) in [6, 6.07) is 13.2. The molecule has 3 nitrogen and oxygen atoms in total. The maximum atomic E-state index is 12.3. The van der Waals surface area contributed by atoms with Gasteiger partial charge in [-0.05, 0) is 28.0 Å². The van der Waals surface area contributed by atoms with E-state index in [1.54, 1.807) is 23.3 Å². The fraction of sp³-hybridized carbons (Fsp3) is 0.200. The normalized spacial score (nSPS) is 11.6. The number of amides is 1. The van der Waals surface area contributed by atoms with E-state index in [9.17, 15) is 10.1 Å². The minimum absolute atomic E-state index is 0.167. The highest BCUT2D eigenvalue weighted by atomic mass is 32.1. The van der Waals surface area contributed by atoms with Gasteiger partial charge < -0.3 is 4.90 Å². The minimum Gasteiger partial charge on any atom is -0.340 e. The number of thiophene rings is 1. The zero-order chi connectivity index (χ0) is 13.7. The lowest BCUT2D eigenvalue weighted by atomic mass is 9.99. The highest BCUT2D eigenvalue weighted by Gasteiger charge is 2.23. The van der Waals surface area contributed by atoms with Gasteiger partial charge in [-0.3, -0.25) is 4.79 Å². The summed E-state index contributed by atoms with van der Waals surface area (Å²) in [6.45, 7) is 0.535. The summed E-state index contributed by atoms with van der Waals surface area (Å²) in [7, 11) is 1.73. The first-order valence-electron chi connectivity index (χ1n) is 5.93. The Hall–Kier alpha value is -2.12. The Labute approximate surface area is 116 Å². The summed E-state index contributed by atoms with van der Waals surface area (Å²) < 4.78 is 0. The van der Waals surface area contributed by atoms with E-state index in [-0.39, 0.29) is 5.91 Å². The van der Waals surface area contributed by atoms with Crippen LogP contribution in [-0.2, 0) is 11.3 Å². The average molecular weight is 270 g/mol. The molecule has 1 aromatic heterocycles. The maximum Gasteiger partial charge on any atom is 0.244 e. The number of nitriles is 1. The lowest BCUT2D eigenvalue weighted by Crippen LogP contribution is -2.30. The molecule has 0 spiro atoms. The fourth-order valence-electron chi connectivity index (χ4n) is 1.87. The number of carbonyl (C=O) groups excluding carboxylic acids is 1. The molecule has 0 bridgehead atoms. The van der Waals surface area contributed by atoms with Gasteiger partial charge in [0.2, 0.25) is 5.91 Å². The van der Waals surface area contributed by atoms with Crippen LogP contribution < -0.4 is 0 Å². The molecule has 0 radical (unpaired) electrons. The summed E-state index contributed by atoms with van der Waals surface area (Å²) in [4.78, 5) is 13.9. The van der Waals surface area contributed by atoms with Crippen LogP contribution in [0.5, 0.6) is 0 Å². The van der Waals surface area contributed by atoms with Crippen molar-refractivity contribution in [3.05, 3.63) is 58.3 Å². The van der Waals surface area contributed by atoms with Crippen molar-refractivity contribution in [3.63, 3.8) is 0 Å². The van der Waals surface area contributed by atoms with Gasteiger partial charge in [-0.25, -0.2) is 0 Å². The summed E-state index contributed by atoms with van der Waals surface area (Å²) in [5.74, 6) is -0.898. The zero-order valence-corrected chi connectivity index (χ0v) is 11.4. The van der Waals surface area contributed by atoms with E-state index in [1.165, 1.54) is 0 Å². The first-order chi connectivity index (χ1) is 9.22. The van der Waals surface area contributed by atoms with Gasteiger partial charge in [0.05, 0.1) is 6.07 Å². The molecule has 0 aliphatic carbocycles. The molecule has 19 heavy (non-hydrogen) atoms. The second kappa shape index (κ2) is 6.17. The molecule has 1 amide bonds. The Balaban J connectivity index is 2.11. The quantitative estimate of drug-likeness (QED) is 0.857. The predicted molar refractivity (Wildman–Crippen MR) is 75.6 cm³/mol. The third kappa shape index (κ3) is 3.21. The smallest absolute Gasteiger partial charge is 0.244 e. The summed E-state index contributed by atoms with van der Waals surface area (Å²) in [6.07, 6.45) is 0. The molecule has 1 aromatic carbocycles. The third-order valence-corrected chi connectivity index (χ3v) is 3.62. The molecule has 4 heteroatoms. The first kappa shape index (κ1) is 13.3. The van der Waals surface area contributed by atoms with Gasteiger partial charge in [0.15, 0.2) is 0 Å². The van der Waals surface area contributed by atoms with Crippen molar-refractivity contribution >= 4 is 17.2 Å². The van der Waals surface area contributed by atoms with E-state index in [2.05, 4.69) is 6.07 Å². The van der Waals surface area contributed by atoms with E-state index < -0.39 is 5.92 Å². The molecule has 1 unspecified atom stereocenters. The molecule has 96 valence electrons. The molecular weight excluding hydrogens is 256 g/mol. The van der Waals surface area contributed by atoms with Crippen molar-refractivity contribution in [1.29, 1.82) is 5.26 Å². The fourth-order valence-corrected chi connectivity index (χ4v) is 2.53. The van der Waals surface area contributed by atoms with Crippen molar-refractivity contribution in [1.82, 2.24) is 4.90 Å². The third-order valence-electron chi connectivity index (χ3n) is 2.89. The zero-order valence-electron chi connectivity index (χ0n) is 10.6. The molecule has 0 fully saturated rings. The molecule has 0 aliphatic rings. The molecule has 0 saturated heterocycles. The maximum absolute atomic E-state index is 12.3. The Kier molecular flexibility index (Phi) is 4.32. The molecule has 1 atom stereocenters. The predicted octanol–water partition coefficient (Wildman–Crippen LogP) is 3.01. The molecule has 0 aliphatic heterocycles. The number of benzene rings is 1. The van der Waals surface area contributed by atoms with Gasteiger partial charge in [0.1, 0.15) is 5.92 Å². The van der Waals surface area contributed by atoms with Gasteiger partial charge >= 0.3 is 0 Å². The molecule has 2 aromatic rings. The van der Waals surface area contributed by atoms with Crippen LogP contribution in [0.4, 0.5) is 0 Å². The van der Waals surface area contributed by atoms with E-state index in [0.717, 1.165) is 11.1 Å². The van der Waals surface area contributed by atoms with E-state index in [0.29, 0.717) is 6.54 Å². The van der Waals surface area contributed by atoms with Crippen molar-refractivity contribution in [3.8, 4) is 6.07 Å². The Bertz CT molecular complexity index is 572. The largest absolute Gasteiger partial charge is 0.340 e. The number of hydrogen-bond donors (Lipinski definition) is 0. The van der Waals surface area contributed by atoms with Crippen LogP contribution in [0.1, 0.15) is 17.0 Å². The number of hydrogen-bond acceptors (Lipinski definition) is 3. The standard InChI is InChI=1S/C15H14N2OS/c1-17(10-12-7-8-19-11-12)15(18)14(9-16)13-5-3-2-4-6-13/h2-8,11,14H,10H2,1H3. The van der Waals surface area contributed by atoms with Crippen LogP contribution in [0, 0.1) is 11.3 Å². The number of rotatable bonds is 4. The minimum atomic E-state index is -0.732. The molecule has 1 heterocycles. The van der Waals surface area contributed by atoms with E-state index in [1.807, 2.05) is 47.2 Å².